The average Bonchev–Trinajstić information content (AvgIpc) is 3.66. The fourth-order valence-electron chi connectivity index (χ4n) is 9.40. The molecular formula is C46H57Cl2SiZr. The van der Waals surface area contributed by atoms with Gasteiger partial charge in [-0.2, -0.15) is 0 Å². The first-order valence-corrected chi connectivity index (χ1v) is 35.3. The Balaban J connectivity index is 1.67. The molecule has 4 heteroatoms. The molecule has 0 radical (unpaired) electrons. The minimum atomic E-state index is -4.96. The third kappa shape index (κ3) is 5.88. The molecule has 0 saturated carbocycles. The molecule has 6 rings (SSSR count). The molecular weight excluding hydrogens is 743 g/mol. The van der Waals surface area contributed by atoms with Crippen molar-refractivity contribution in [3.63, 3.8) is 0 Å². The standard InChI is InChI=1S/2C22H25.C2H7Si.2ClH.Zr/c2*1-14(2)18-12-17-11-10-16(5)22(21(17)13-18)20-9-7-6-8-19(20)15(3)4;1-3-2;;;/h2*6-15H,1-5H3;3H,1-2H3;2*1H;/q;;;;;+2/p-2. The summed E-state index contributed by atoms with van der Waals surface area (Å²) in [6.45, 7) is 28.2. The topological polar surface area (TPSA) is 0 Å². The van der Waals surface area contributed by atoms with E-state index in [0.29, 0.717) is 23.7 Å². The molecule has 0 saturated heterocycles. The van der Waals surface area contributed by atoms with Crippen LogP contribution in [0.5, 0.6) is 0 Å². The molecule has 50 heavy (non-hydrogen) atoms. The van der Waals surface area contributed by atoms with Gasteiger partial charge in [0.2, 0.25) is 0 Å². The molecule has 4 aromatic rings. The summed E-state index contributed by atoms with van der Waals surface area (Å²) in [6.07, 6.45) is 5.07. The average molecular weight is 800 g/mol. The van der Waals surface area contributed by atoms with Gasteiger partial charge < -0.3 is 0 Å². The van der Waals surface area contributed by atoms with E-state index in [1.807, 2.05) is 0 Å². The van der Waals surface area contributed by atoms with Gasteiger partial charge in [0.25, 0.3) is 0 Å². The van der Waals surface area contributed by atoms with Crippen LogP contribution in [0.4, 0.5) is 0 Å². The Labute approximate surface area is 312 Å². The summed E-state index contributed by atoms with van der Waals surface area (Å²) >= 11 is -4.96. The van der Waals surface area contributed by atoms with Crippen LogP contribution in [0.25, 0.3) is 34.4 Å². The normalized spacial score (nSPS) is 18.2. The van der Waals surface area contributed by atoms with Crippen molar-refractivity contribution in [1.82, 2.24) is 0 Å². The number of hydrogen-bond donors (Lipinski definition) is 0. The molecule has 0 heterocycles. The van der Waals surface area contributed by atoms with Gasteiger partial charge in [0.1, 0.15) is 0 Å². The number of fused-ring (bicyclic) bond motifs is 2. The third-order valence-corrected chi connectivity index (χ3v) is 63.8. The molecule has 0 fully saturated rings. The molecule has 0 spiro atoms. The first-order valence-electron chi connectivity index (χ1n) is 19.0. The number of benzene rings is 4. The second-order valence-electron chi connectivity index (χ2n) is 16.8. The van der Waals surface area contributed by atoms with E-state index in [4.69, 9.17) is 17.0 Å². The second-order valence-corrected chi connectivity index (χ2v) is 59.4. The molecule has 2 unspecified atom stereocenters. The first-order chi connectivity index (χ1) is 23.5. The van der Waals surface area contributed by atoms with Crippen molar-refractivity contribution >= 4 is 35.1 Å². The van der Waals surface area contributed by atoms with Gasteiger partial charge in [0.05, 0.1) is 0 Å². The molecule has 2 aliphatic carbocycles. The van der Waals surface area contributed by atoms with Crippen LogP contribution < -0.4 is 0 Å². The molecule has 263 valence electrons. The van der Waals surface area contributed by atoms with E-state index >= 15 is 0 Å². The van der Waals surface area contributed by atoms with Crippen molar-refractivity contribution in [2.24, 2.45) is 11.8 Å². The molecule has 0 nitrogen and oxygen atoms in total. The Hall–Kier alpha value is -1.96. The summed E-state index contributed by atoms with van der Waals surface area (Å²) in [6, 6.07) is 27.5. The van der Waals surface area contributed by atoms with Gasteiger partial charge in [-0.05, 0) is 0 Å². The van der Waals surface area contributed by atoms with Crippen molar-refractivity contribution < 1.29 is 15.6 Å². The number of allylic oxidation sites excluding steroid dienone is 2. The zero-order chi connectivity index (χ0) is 36.5. The van der Waals surface area contributed by atoms with E-state index in [0.717, 1.165) is 0 Å². The maximum absolute atomic E-state index is 8.87. The van der Waals surface area contributed by atoms with E-state index in [-0.39, 0.29) is 7.25 Å². The van der Waals surface area contributed by atoms with Gasteiger partial charge in [-0.1, -0.05) is 0 Å². The van der Waals surface area contributed by atoms with Crippen LogP contribution in [-0.2, 0) is 15.6 Å². The number of halogens is 2. The molecule has 2 aliphatic rings. The Kier molecular flexibility index (Phi) is 10.4. The SMILES string of the molecule is Cc1ccc2c(c1-c1ccccc1C(C)C)C=C(C(C)C)[CH]2[Zr]([Cl])([Cl])([CH]1C(C(C)C)=Cc2c1ccc(C)c2-c1ccccc1C(C)C)[SiH](C)C. The molecule has 0 N–H and O–H groups in total. The summed E-state index contributed by atoms with van der Waals surface area (Å²) in [5.74, 6) is -0.185. The summed E-state index contributed by atoms with van der Waals surface area (Å²) in [5, 5.41) is 0. The molecule has 0 bridgehead atoms. The zero-order valence-electron chi connectivity index (χ0n) is 32.4. The molecule has 0 amide bonds. The van der Waals surface area contributed by atoms with E-state index in [1.165, 1.54) is 77.9 Å². The summed E-state index contributed by atoms with van der Waals surface area (Å²) in [5.41, 5.74) is 19.2. The van der Waals surface area contributed by atoms with Gasteiger partial charge in [-0.3, -0.25) is 0 Å². The zero-order valence-corrected chi connectivity index (χ0v) is 37.5. The van der Waals surface area contributed by atoms with Crippen molar-refractivity contribution in [3.05, 3.63) is 128 Å². The first kappa shape index (κ1) is 37.8. The monoisotopic (exact) mass is 797 g/mol. The second kappa shape index (κ2) is 13.8. The van der Waals surface area contributed by atoms with Crippen LogP contribution in [0.1, 0.15) is 119 Å². The van der Waals surface area contributed by atoms with Crippen LogP contribution in [-0.4, -0.2) is 5.92 Å². The number of rotatable bonds is 9. The Morgan fingerprint density at radius 2 is 0.880 bits per heavy atom. The van der Waals surface area contributed by atoms with E-state index in [9.17, 15) is 0 Å². The van der Waals surface area contributed by atoms with Gasteiger partial charge in [0.15, 0.2) is 0 Å². The quantitative estimate of drug-likeness (QED) is 0.148. The fourth-order valence-corrected chi connectivity index (χ4v) is 40.9. The van der Waals surface area contributed by atoms with Gasteiger partial charge in [0, 0.05) is 0 Å². The number of aryl methyl sites for hydroxylation is 2. The Morgan fingerprint density at radius 3 is 1.20 bits per heavy atom. The molecule has 0 aromatic heterocycles. The van der Waals surface area contributed by atoms with E-state index in [1.54, 1.807) is 0 Å². The maximum atomic E-state index is 8.87. The van der Waals surface area contributed by atoms with Crippen molar-refractivity contribution in [2.75, 3.05) is 0 Å². The van der Waals surface area contributed by atoms with Crippen LogP contribution in [0.15, 0.2) is 83.9 Å². The van der Waals surface area contributed by atoms with Crippen molar-refractivity contribution in [2.45, 2.75) is 101 Å². The van der Waals surface area contributed by atoms with Crippen molar-refractivity contribution in [3.8, 4) is 22.3 Å². The molecule has 2 atom stereocenters. The number of hydrogen-bond acceptors (Lipinski definition) is 0. The Bertz CT molecular complexity index is 1890. The molecule has 4 aromatic carbocycles. The van der Waals surface area contributed by atoms with Crippen LogP contribution in [0, 0.1) is 25.7 Å². The summed E-state index contributed by atoms with van der Waals surface area (Å²) in [4.78, 5) is 0. The van der Waals surface area contributed by atoms with Gasteiger partial charge >= 0.3 is 315 Å². The Morgan fingerprint density at radius 1 is 0.520 bits per heavy atom. The van der Waals surface area contributed by atoms with Gasteiger partial charge in [-0.15, -0.1) is 0 Å². The third-order valence-electron chi connectivity index (χ3n) is 12.1. The summed E-state index contributed by atoms with van der Waals surface area (Å²) < 4.78 is 0.135. The van der Waals surface area contributed by atoms with Gasteiger partial charge in [-0.25, -0.2) is 0 Å². The predicted molar refractivity (Wildman–Crippen MR) is 223 cm³/mol. The van der Waals surface area contributed by atoms with Crippen LogP contribution >= 0.6 is 17.0 Å². The van der Waals surface area contributed by atoms with Crippen molar-refractivity contribution in [1.29, 1.82) is 0 Å². The predicted octanol–water partition coefficient (Wildman–Crippen LogP) is 14.8. The molecule has 0 aliphatic heterocycles. The van der Waals surface area contributed by atoms with Crippen LogP contribution in [0.3, 0.4) is 0 Å². The van der Waals surface area contributed by atoms with Crippen LogP contribution in [0.2, 0.25) is 13.1 Å². The van der Waals surface area contributed by atoms with E-state index < -0.39 is 21.5 Å². The van der Waals surface area contributed by atoms with E-state index in [2.05, 4.69) is 167 Å². The summed E-state index contributed by atoms with van der Waals surface area (Å²) in [7, 11) is 17.7. The minimum absolute atomic E-state index is 0.0674. The fraction of sp³-hybridized carbons (Fsp3) is 0.391.